The monoisotopic (exact) mass is 154 g/mol. The number of nitrogens with one attached hydrogen (secondary N) is 1. The lowest BCUT2D eigenvalue weighted by Crippen LogP contribution is -2.47. The Kier molecular flexibility index (Phi) is 3.60. The van der Waals surface area contributed by atoms with Gasteiger partial charge in [0, 0.05) is 18.6 Å². The first kappa shape index (κ1) is 8.75. The molecule has 1 rings (SSSR count). The second-order valence-corrected chi connectivity index (χ2v) is 3.25. The number of nitrogens with two attached hydrogens (primary N) is 1. The van der Waals surface area contributed by atoms with Crippen molar-refractivity contribution in [2.24, 2.45) is 5.73 Å². The smallest absolute Gasteiger partial charge is 0.0221 e. The van der Waals surface area contributed by atoms with Crippen molar-refractivity contribution in [1.29, 1.82) is 0 Å². The van der Waals surface area contributed by atoms with Crippen LogP contribution < -0.4 is 11.1 Å². The van der Waals surface area contributed by atoms with E-state index < -0.39 is 0 Å². The molecule has 0 saturated heterocycles. The molecule has 0 aliphatic heterocycles. The van der Waals surface area contributed by atoms with Gasteiger partial charge in [-0.25, -0.2) is 0 Å². The summed E-state index contributed by atoms with van der Waals surface area (Å²) in [4.78, 5) is 0. The van der Waals surface area contributed by atoms with Crippen LogP contribution in [0.2, 0.25) is 0 Å². The fraction of sp³-hybridized carbons (Fsp3) is 0.778. The van der Waals surface area contributed by atoms with Crippen LogP contribution >= 0.6 is 0 Å². The number of hydrogen-bond donors (Lipinski definition) is 2. The van der Waals surface area contributed by atoms with E-state index in [-0.39, 0.29) is 0 Å². The molecule has 0 spiro atoms. The first-order valence-electron chi connectivity index (χ1n) is 4.44. The zero-order valence-corrected chi connectivity index (χ0v) is 7.05. The van der Waals surface area contributed by atoms with Gasteiger partial charge in [-0.15, -0.1) is 6.58 Å². The van der Waals surface area contributed by atoms with Crippen LogP contribution in [-0.2, 0) is 0 Å². The summed E-state index contributed by atoms with van der Waals surface area (Å²) < 4.78 is 0. The number of hydrogen-bond acceptors (Lipinski definition) is 2. The second kappa shape index (κ2) is 4.52. The van der Waals surface area contributed by atoms with Crippen LogP contribution in [0.4, 0.5) is 0 Å². The summed E-state index contributed by atoms with van der Waals surface area (Å²) in [6, 6.07) is 0.894. The van der Waals surface area contributed by atoms with Crippen LogP contribution in [-0.4, -0.2) is 18.6 Å². The molecule has 0 amide bonds. The zero-order valence-electron chi connectivity index (χ0n) is 7.05. The van der Waals surface area contributed by atoms with Gasteiger partial charge in [0.05, 0.1) is 0 Å². The molecule has 2 atom stereocenters. The van der Waals surface area contributed by atoms with E-state index in [9.17, 15) is 0 Å². The van der Waals surface area contributed by atoms with Gasteiger partial charge in [0.2, 0.25) is 0 Å². The Morgan fingerprint density at radius 1 is 1.45 bits per heavy atom. The molecule has 1 aliphatic rings. The lowest BCUT2D eigenvalue weighted by molar-refractivity contribution is 0.337. The Morgan fingerprint density at radius 3 is 2.82 bits per heavy atom. The van der Waals surface area contributed by atoms with E-state index in [0.717, 1.165) is 6.54 Å². The van der Waals surface area contributed by atoms with E-state index in [0.29, 0.717) is 12.1 Å². The Bertz CT molecular complexity index is 123. The van der Waals surface area contributed by atoms with Crippen molar-refractivity contribution in [3.8, 4) is 0 Å². The SMILES string of the molecule is C=CCN[C@@H]1CCCC[C@H]1N. The Balaban J connectivity index is 2.23. The van der Waals surface area contributed by atoms with Crippen molar-refractivity contribution < 1.29 is 0 Å². The van der Waals surface area contributed by atoms with Crippen LogP contribution in [0.15, 0.2) is 12.7 Å². The molecule has 0 unspecified atom stereocenters. The van der Waals surface area contributed by atoms with Crippen LogP contribution in [0.5, 0.6) is 0 Å². The molecule has 2 nitrogen and oxygen atoms in total. The molecule has 2 heteroatoms. The molecule has 11 heavy (non-hydrogen) atoms. The maximum Gasteiger partial charge on any atom is 0.0221 e. The summed E-state index contributed by atoms with van der Waals surface area (Å²) in [5.74, 6) is 0. The second-order valence-electron chi connectivity index (χ2n) is 3.25. The molecule has 3 N–H and O–H groups in total. The number of rotatable bonds is 3. The van der Waals surface area contributed by atoms with Gasteiger partial charge in [0.15, 0.2) is 0 Å². The van der Waals surface area contributed by atoms with Crippen molar-refractivity contribution in [2.45, 2.75) is 37.8 Å². The largest absolute Gasteiger partial charge is 0.326 e. The minimum absolute atomic E-state index is 0.365. The van der Waals surface area contributed by atoms with Crippen molar-refractivity contribution in [3.05, 3.63) is 12.7 Å². The van der Waals surface area contributed by atoms with Crippen molar-refractivity contribution in [1.82, 2.24) is 5.32 Å². The molecule has 0 bridgehead atoms. The molecule has 0 radical (unpaired) electrons. The van der Waals surface area contributed by atoms with Crippen molar-refractivity contribution in [2.75, 3.05) is 6.54 Å². The maximum absolute atomic E-state index is 5.92. The average molecular weight is 154 g/mol. The minimum atomic E-state index is 0.365. The molecule has 0 aromatic carbocycles. The first-order valence-corrected chi connectivity index (χ1v) is 4.44. The van der Waals surface area contributed by atoms with E-state index in [2.05, 4.69) is 11.9 Å². The van der Waals surface area contributed by atoms with Gasteiger partial charge in [-0.3, -0.25) is 0 Å². The molecule has 0 heterocycles. The highest BCUT2D eigenvalue weighted by Crippen LogP contribution is 2.16. The quantitative estimate of drug-likeness (QED) is 0.596. The summed E-state index contributed by atoms with van der Waals surface area (Å²) in [5.41, 5.74) is 5.92. The molecule has 0 aromatic rings. The van der Waals surface area contributed by atoms with E-state index >= 15 is 0 Å². The normalized spacial score (nSPS) is 31.7. The summed E-state index contributed by atoms with van der Waals surface area (Å²) in [5, 5.41) is 3.38. The summed E-state index contributed by atoms with van der Waals surface area (Å²) in [6.07, 6.45) is 6.92. The molecular formula is C9H18N2. The van der Waals surface area contributed by atoms with Gasteiger partial charge in [0.1, 0.15) is 0 Å². The topological polar surface area (TPSA) is 38.0 Å². The first-order chi connectivity index (χ1) is 5.34. The third-order valence-corrected chi connectivity index (χ3v) is 2.34. The molecule has 0 aromatic heterocycles. The summed E-state index contributed by atoms with van der Waals surface area (Å²) >= 11 is 0. The van der Waals surface area contributed by atoms with Crippen LogP contribution in [0.1, 0.15) is 25.7 Å². The van der Waals surface area contributed by atoms with Gasteiger partial charge in [-0.05, 0) is 12.8 Å². The standard InChI is InChI=1S/C9H18N2/c1-2-7-11-9-6-4-3-5-8(9)10/h2,8-9,11H,1,3-7,10H2/t8-,9-/m1/s1. The highest BCUT2D eigenvalue weighted by Gasteiger charge is 2.19. The summed E-state index contributed by atoms with van der Waals surface area (Å²) in [6.45, 7) is 4.55. The molecule has 1 fully saturated rings. The van der Waals surface area contributed by atoms with Crippen LogP contribution in [0.3, 0.4) is 0 Å². The zero-order chi connectivity index (χ0) is 8.10. The summed E-state index contributed by atoms with van der Waals surface area (Å²) in [7, 11) is 0. The van der Waals surface area contributed by atoms with Gasteiger partial charge in [-0.2, -0.15) is 0 Å². The third kappa shape index (κ3) is 2.64. The Morgan fingerprint density at radius 2 is 2.18 bits per heavy atom. The van der Waals surface area contributed by atoms with E-state index in [4.69, 9.17) is 5.73 Å². The Labute approximate surface area is 68.9 Å². The van der Waals surface area contributed by atoms with E-state index in [1.54, 1.807) is 0 Å². The maximum atomic E-state index is 5.92. The van der Waals surface area contributed by atoms with E-state index in [1.165, 1.54) is 25.7 Å². The van der Waals surface area contributed by atoms with Crippen molar-refractivity contribution in [3.63, 3.8) is 0 Å². The van der Waals surface area contributed by atoms with E-state index in [1.807, 2.05) is 6.08 Å². The van der Waals surface area contributed by atoms with Gasteiger partial charge in [0.25, 0.3) is 0 Å². The van der Waals surface area contributed by atoms with Crippen LogP contribution in [0, 0.1) is 0 Å². The fourth-order valence-electron chi connectivity index (χ4n) is 1.65. The third-order valence-electron chi connectivity index (χ3n) is 2.34. The molecule has 1 aliphatic carbocycles. The predicted octanol–water partition coefficient (Wildman–Crippen LogP) is 1.03. The molecular weight excluding hydrogens is 136 g/mol. The lowest BCUT2D eigenvalue weighted by atomic mass is 9.91. The van der Waals surface area contributed by atoms with Gasteiger partial charge >= 0.3 is 0 Å². The molecule has 1 saturated carbocycles. The minimum Gasteiger partial charge on any atom is -0.326 e. The highest BCUT2D eigenvalue weighted by molar-refractivity contribution is 4.85. The highest BCUT2D eigenvalue weighted by atomic mass is 14.9. The Hall–Kier alpha value is -0.340. The van der Waals surface area contributed by atoms with Gasteiger partial charge < -0.3 is 11.1 Å². The predicted molar refractivity (Wildman–Crippen MR) is 48.4 cm³/mol. The van der Waals surface area contributed by atoms with Crippen LogP contribution in [0.25, 0.3) is 0 Å². The van der Waals surface area contributed by atoms with Crippen molar-refractivity contribution >= 4 is 0 Å². The lowest BCUT2D eigenvalue weighted by Gasteiger charge is -2.28. The van der Waals surface area contributed by atoms with Gasteiger partial charge in [-0.1, -0.05) is 18.9 Å². The molecule has 64 valence electrons. The fourth-order valence-corrected chi connectivity index (χ4v) is 1.65. The average Bonchev–Trinajstić information content (AvgIpc) is 2.03.